The molecule has 0 aliphatic carbocycles. The number of carbonyl (C=O) groups is 1. The number of para-hydroxylation sites is 3. The first-order chi connectivity index (χ1) is 12.8. The molecule has 2 aromatic rings. The average molecular weight is 352 g/mol. The van der Waals surface area contributed by atoms with Gasteiger partial charge in [-0.1, -0.05) is 30.3 Å². The quantitative estimate of drug-likeness (QED) is 0.849. The lowest BCUT2D eigenvalue weighted by Gasteiger charge is -2.37. The van der Waals surface area contributed by atoms with Crippen molar-refractivity contribution in [1.29, 1.82) is 0 Å². The number of amides is 1. The molecule has 5 heteroatoms. The molecule has 1 atom stereocenters. The highest BCUT2D eigenvalue weighted by molar-refractivity contribution is 5.83. The SMILES string of the molecule is CCOc1ccccc1N1CCN(C(=O)[C@@H]2Cc3ccccc3O2)CC1. The van der Waals surface area contributed by atoms with Crippen molar-refractivity contribution in [2.75, 3.05) is 37.7 Å². The van der Waals surface area contributed by atoms with Crippen molar-refractivity contribution in [1.82, 2.24) is 4.90 Å². The normalized spacial score (nSPS) is 19.0. The van der Waals surface area contributed by atoms with Gasteiger partial charge in [0.15, 0.2) is 6.10 Å². The molecular weight excluding hydrogens is 328 g/mol. The predicted octanol–water partition coefficient (Wildman–Crippen LogP) is 2.74. The van der Waals surface area contributed by atoms with E-state index in [-0.39, 0.29) is 12.0 Å². The summed E-state index contributed by atoms with van der Waals surface area (Å²) in [5.41, 5.74) is 2.22. The molecular formula is C21H24N2O3. The van der Waals surface area contributed by atoms with Gasteiger partial charge in [-0.2, -0.15) is 0 Å². The number of hydrogen-bond acceptors (Lipinski definition) is 4. The first kappa shape index (κ1) is 16.8. The van der Waals surface area contributed by atoms with Gasteiger partial charge in [0.2, 0.25) is 0 Å². The van der Waals surface area contributed by atoms with E-state index >= 15 is 0 Å². The van der Waals surface area contributed by atoms with Gasteiger partial charge in [0.1, 0.15) is 11.5 Å². The lowest BCUT2D eigenvalue weighted by molar-refractivity contribution is -0.138. The number of nitrogens with zero attached hydrogens (tertiary/aromatic N) is 2. The number of ether oxygens (including phenoxy) is 2. The molecule has 0 unspecified atom stereocenters. The zero-order valence-electron chi connectivity index (χ0n) is 15.1. The third-order valence-electron chi connectivity index (χ3n) is 5.02. The van der Waals surface area contributed by atoms with Crippen molar-refractivity contribution in [3.05, 3.63) is 54.1 Å². The monoisotopic (exact) mass is 352 g/mol. The molecule has 26 heavy (non-hydrogen) atoms. The predicted molar refractivity (Wildman–Crippen MR) is 101 cm³/mol. The first-order valence-corrected chi connectivity index (χ1v) is 9.26. The maximum atomic E-state index is 12.8. The number of rotatable bonds is 4. The number of carbonyl (C=O) groups excluding carboxylic acids is 1. The number of piperazine rings is 1. The molecule has 0 radical (unpaired) electrons. The largest absolute Gasteiger partial charge is 0.492 e. The van der Waals surface area contributed by atoms with E-state index in [0.29, 0.717) is 26.1 Å². The minimum atomic E-state index is -0.380. The molecule has 136 valence electrons. The van der Waals surface area contributed by atoms with Gasteiger partial charge >= 0.3 is 0 Å². The van der Waals surface area contributed by atoms with Crippen LogP contribution in [0.2, 0.25) is 0 Å². The Kier molecular flexibility index (Phi) is 4.69. The van der Waals surface area contributed by atoms with Crippen LogP contribution in [0.25, 0.3) is 0 Å². The number of fused-ring (bicyclic) bond motifs is 1. The van der Waals surface area contributed by atoms with Gasteiger partial charge in [-0.05, 0) is 30.7 Å². The molecule has 0 aromatic heterocycles. The van der Waals surface area contributed by atoms with Crippen molar-refractivity contribution in [2.45, 2.75) is 19.4 Å². The summed E-state index contributed by atoms with van der Waals surface area (Å²) < 4.78 is 11.6. The Balaban J connectivity index is 1.38. The standard InChI is InChI=1S/C21H24N2O3/c1-2-25-19-10-6-4-8-17(19)22-11-13-23(14-12-22)21(24)20-15-16-7-3-5-9-18(16)26-20/h3-10,20H,2,11-15H2,1H3/t20-/m0/s1. The van der Waals surface area contributed by atoms with Crippen molar-refractivity contribution in [3.8, 4) is 11.5 Å². The summed E-state index contributed by atoms with van der Waals surface area (Å²) in [7, 11) is 0. The third kappa shape index (κ3) is 3.21. The van der Waals surface area contributed by atoms with Gasteiger partial charge in [-0.3, -0.25) is 4.79 Å². The Morgan fingerprint density at radius 3 is 2.58 bits per heavy atom. The fourth-order valence-electron chi connectivity index (χ4n) is 3.69. The molecule has 0 N–H and O–H groups in total. The van der Waals surface area contributed by atoms with Crippen molar-refractivity contribution in [3.63, 3.8) is 0 Å². The van der Waals surface area contributed by atoms with E-state index in [9.17, 15) is 4.79 Å². The maximum Gasteiger partial charge on any atom is 0.264 e. The highest BCUT2D eigenvalue weighted by Crippen LogP contribution is 2.31. The Morgan fingerprint density at radius 2 is 1.81 bits per heavy atom. The van der Waals surface area contributed by atoms with Crippen LogP contribution in [-0.2, 0) is 11.2 Å². The minimum absolute atomic E-state index is 0.0962. The second-order valence-electron chi connectivity index (χ2n) is 6.63. The van der Waals surface area contributed by atoms with E-state index in [2.05, 4.69) is 11.0 Å². The van der Waals surface area contributed by atoms with E-state index in [1.807, 2.05) is 54.3 Å². The Hall–Kier alpha value is -2.69. The van der Waals surface area contributed by atoms with Crippen LogP contribution in [0.1, 0.15) is 12.5 Å². The minimum Gasteiger partial charge on any atom is -0.492 e. The summed E-state index contributed by atoms with van der Waals surface area (Å²) in [5.74, 6) is 1.85. The molecule has 2 aliphatic rings. The first-order valence-electron chi connectivity index (χ1n) is 9.26. The summed E-state index contributed by atoms with van der Waals surface area (Å²) in [6.07, 6.45) is 0.289. The van der Waals surface area contributed by atoms with Crippen molar-refractivity contribution in [2.24, 2.45) is 0 Å². The average Bonchev–Trinajstić information content (AvgIpc) is 3.12. The van der Waals surface area contributed by atoms with E-state index in [1.165, 1.54) is 0 Å². The number of benzene rings is 2. The zero-order chi connectivity index (χ0) is 17.9. The van der Waals surface area contributed by atoms with Crippen LogP contribution in [0.3, 0.4) is 0 Å². The summed E-state index contributed by atoms with van der Waals surface area (Å²) in [6.45, 7) is 5.65. The Bertz CT molecular complexity index is 759. The summed E-state index contributed by atoms with van der Waals surface area (Å²) in [4.78, 5) is 17.1. The third-order valence-corrected chi connectivity index (χ3v) is 5.02. The summed E-state index contributed by atoms with van der Waals surface area (Å²) >= 11 is 0. The maximum absolute atomic E-state index is 12.8. The zero-order valence-corrected chi connectivity index (χ0v) is 15.1. The van der Waals surface area contributed by atoms with Gasteiger partial charge in [0.25, 0.3) is 5.91 Å². The molecule has 0 spiro atoms. The topological polar surface area (TPSA) is 42.0 Å². The molecule has 1 fully saturated rings. The van der Waals surface area contributed by atoms with Crippen LogP contribution >= 0.6 is 0 Å². The molecule has 1 amide bonds. The van der Waals surface area contributed by atoms with Crippen LogP contribution in [-0.4, -0.2) is 49.7 Å². The van der Waals surface area contributed by atoms with Gasteiger partial charge in [-0.25, -0.2) is 0 Å². The summed E-state index contributed by atoms with van der Waals surface area (Å²) in [6, 6.07) is 16.0. The molecule has 2 heterocycles. The second-order valence-corrected chi connectivity index (χ2v) is 6.63. The second kappa shape index (κ2) is 7.28. The molecule has 0 bridgehead atoms. The molecule has 2 aromatic carbocycles. The van der Waals surface area contributed by atoms with E-state index in [1.54, 1.807) is 0 Å². The van der Waals surface area contributed by atoms with E-state index < -0.39 is 0 Å². The van der Waals surface area contributed by atoms with Crippen LogP contribution in [0.15, 0.2) is 48.5 Å². The highest BCUT2D eigenvalue weighted by atomic mass is 16.5. The lowest BCUT2D eigenvalue weighted by atomic mass is 10.1. The highest BCUT2D eigenvalue weighted by Gasteiger charge is 2.33. The molecule has 0 saturated carbocycles. The molecule has 2 aliphatic heterocycles. The van der Waals surface area contributed by atoms with Gasteiger partial charge in [-0.15, -0.1) is 0 Å². The Morgan fingerprint density at radius 1 is 1.08 bits per heavy atom. The number of hydrogen-bond donors (Lipinski definition) is 0. The fraction of sp³-hybridized carbons (Fsp3) is 0.381. The van der Waals surface area contributed by atoms with Crippen molar-refractivity contribution < 1.29 is 14.3 Å². The van der Waals surface area contributed by atoms with Crippen molar-refractivity contribution >= 4 is 11.6 Å². The Labute approximate surface area is 154 Å². The smallest absolute Gasteiger partial charge is 0.264 e. The van der Waals surface area contributed by atoms with Crippen LogP contribution in [0, 0.1) is 0 Å². The van der Waals surface area contributed by atoms with E-state index in [4.69, 9.17) is 9.47 Å². The van der Waals surface area contributed by atoms with Crippen LogP contribution < -0.4 is 14.4 Å². The fourth-order valence-corrected chi connectivity index (χ4v) is 3.69. The summed E-state index contributed by atoms with van der Waals surface area (Å²) in [5, 5.41) is 0. The number of anilines is 1. The lowest BCUT2D eigenvalue weighted by Crippen LogP contribution is -2.52. The molecule has 4 rings (SSSR count). The van der Waals surface area contributed by atoms with Gasteiger partial charge in [0.05, 0.1) is 12.3 Å². The van der Waals surface area contributed by atoms with Gasteiger partial charge in [0, 0.05) is 32.6 Å². The van der Waals surface area contributed by atoms with Gasteiger partial charge < -0.3 is 19.3 Å². The molecule has 1 saturated heterocycles. The van der Waals surface area contributed by atoms with Crippen LogP contribution in [0.4, 0.5) is 5.69 Å². The van der Waals surface area contributed by atoms with E-state index in [0.717, 1.165) is 35.8 Å². The van der Waals surface area contributed by atoms with Crippen LogP contribution in [0.5, 0.6) is 11.5 Å². The molecule has 5 nitrogen and oxygen atoms in total.